The zero-order valence-corrected chi connectivity index (χ0v) is 18.9. The van der Waals surface area contributed by atoms with Crippen molar-refractivity contribution in [3.8, 4) is 11.5 Å². The van der Waals surface area contributed by atoms with E-state index in [0.29, 0.717) is 24.8 Å². The number of hydrogen-bond acceptors (Lipinski definition) is 4. The third kappa shape index (κ3) is 9.73. The lowest BCUT2D eigenvalue weighted by Gasteiger charge is -2.14. The molecule has 0 aliphatic rings. The Bertz CT molecular complexity index is 816. The number of aryl methyl sites for hydroxylation is 1. The molecule has 4 N–H and O–H groups in total. The summed E-state index contributed by atoms with van der Waals surface area (Å²) in [4.78, 5) is 22.3. The second-order valence-electron chi connectivity index (χ2n) is 8.30. The molecule has 1 aromatic rings. The Labute approximate surface area is 184 Å². The molecule has 1 rings (SSSR count). The van der Waals surface area contributed by atoms with E-state index >= 15 is 0 Å². The van der Waals surface area contributed by atoms with Crippen molar-refractivity contribution in [2.45, 2.75) is 85.0 Å². The zero-order valence-electron chi connectivity index (χ0n) is 18.9. The highest BCUT2D eigenvalue weighted by atomic mass is 16.4. The van der Waals surface area contributed by atoms with Gasteiger partial charge in [-0.05, 0) is 70.9 Å². The standard InChI is InChI=1S/C25H36O6/c1-17(2)10-9-11-18(3)14-15-20-21(26)16-19(23(24(20)29)25(30)31)12-7-5-4-6-8-13-22(27)28/h10,14,16,26,29H,4-9,11-13,15H2,1-3H3,(H,27,28)(H,30,31)/b18-14+. The van der Waals surface area contributed by atoms with Gasteiger partial charge < -0.3 is 20.4 Å². The van der Waals surface area contributed by atoms with Crippen molar-refractivity contribution in [3.63, 3.8) is 0 Å². The van der Waals surface area contributed by atoms with E-state index in [1.165, 1.54) is 11.6 Å². The maximum atomic E-state index is 11.8. The summed E-state index contributed by atoms with van der Waals surface area (Å²) in [6.45, 7) is 6.07. The van der Waals surface area contributed by atoms with Gasteiger partial charge in [-0.1, -0.05) is 42.6 Å². The third-order valence-electron chi connectivity index (χ3n) is 5.26. The Kier molecular flexibility index (Phi) is 11.5. The van der Waals surface area contributed by atoms with Gasteiger partial charge in [-0.15, -0.1) is 0 Å². The number of unbranched alkanes of at least 4 members (excludes halogenated alkanes) is 4. The van der Waals surface area contributed by atoms with Gasteiger partial charge in [0.15, 0.2) is 0 Å². The van der Waals surface area contributed by atoms with Crippen LogP contribution in [0.1, 0.15) is 93.6 Å². The summed E-state index contributed by atoms with van der Waals surface area (Å²) in [5.74, 6) is -2.46. The molecular weight excluding hydrogens is 396 g/mol. The molecule has 0 aromatic heterocycles. The fourth-order valence-electron chi connectivity index (χ4n) is 3.47. The number of hydrogen-bond donors (Lipinski definition) is 4. The fraction of sp³-hybridized carbons (Fsp3) is 0.520. The number of carboxylic acid groups (broad SMARTS) is 2. The predicted molar refractivity (Wildman–Crippen MR) is 122 cm³/mol. The Balaban J connectivity index is 2.80. The molecule has 0 radical (unpaired) electrons. The Morgan fingerprint density at radius 3 is 2.16 bits per heavy atom. The predicted octanol–water partition coefficient (Wildman–Crippen LogP) is 6.00. The molecule has 0 bridgehead atoms. The van der Waals surface area contributed by atoms with Crippen molar-refractivity contribution >= 4 is 11.9 Å². The average molecular weight is 433 g/mol. The first-order valence-corrected chi connectivity index (χ1v) is 10.9. The second kappa shape index (κ2) is 13.5. The van der Waals surface area contributed by atoms with Crippen LogP contribution in [0.5, 0.6) is 11.5 Å². The Morgan fingerprint density at radius 2 is 1.55 bits per heavy atom. The molecule has 0 aliphatic carbocycles. The molecule has 31 heavy (non-hydrogen) atoms. The van der Waals surface area contributed by atoms with Crippen LogP contribution in [0.15, 0.2) is 29.4 Å². The molecule has 6 nitrogen and oxygen atoms in total. The Morgan fingerprint density at radius 1 is 0.903 bits per heavy atom. The average Bonchev–Trinajstić information content (AvgIpc) is 2.65. The van der Waals surface area contributed by atoms with Crippen LogP contribution in [0, 0.1) is 0 Å². The van der Waals surface area contributed by atoms with Crippen molar-refractivity contribution in [2.24, 2.45) is 0 Å². The first-order chi connectivity index (χ1) is 14.6. The zero-order chi connectivity index (χ0) is 23.4. The molecule has 0 fully saturated rings. The van der Waals surface area contributed by atoms with E-state index in [-0.39, 0.29) is 35.5 Å². The highest BCUT2D eigenvalue weighted by Crippen LogP contribution is 2.35. The highest BCUT2D eigenvalue weighted by molar-refractivity contribution is 5.93. The lowest BCUT2D eigenvalue weighted by Crippen LogP contribution is -2.06. The number of aromatic hydroxyl groups is 2. The molecular formula is C25H36O6. The van der Waals surface area contributed by atoms with Gasteiger partial charge in [0.05, 0.1) is 0 Å². The molecule has 0 heterocycles. The number of phenols is 2. The number of carboxylic acids is 2. The molecule has 0 saturated carbocycles. The van der Waals surface area contributed by atoms with Gasteiger partial charge in [0.25, 0.3) is 0 Å². The molecule has 0 spiro atoms. The van der Waals surface area contributed by atoms with Gasteiger partial charge in [0.2, 0.25) is 0 Å². The van der Waals surface area contributed by atoms with Gasteiger partial charge >= 0.3 is 11.9 Å². The van der Waals surface area contributed by atoms with Crippen molar-refractivity contribution in [2.75, 3.05) is 0 Å². The molecule has 0 saturated heterocycles. The van der Waals surface area contributed by atoms with Crippen molar-refractivity contribution in [3.05, 3.63) is 46.1 Å². The molecule has 1 aromatic carbocycles. The summed E-state index contributed by atoms with van der Waals surface area (Å²) < 4.78 is 0. The van der Waals surface area contributed by atoms with Crippen LogP contribution < -0.4 is 0 Å². The third-order valence-corrected chi connectivity index (χ3v) is 5.26. The van der Waals surface area contributed by atoms with E-state index in [4.69, 9.17) is 5.11 Å². The SMILES string of the molecule is CC(C)=CCC/C(C)=C/Cc1c(O)cc(CCCCCCCC(=O)O)c(C(=O)O)c1O. The number of benzene rings is 1. The number of aliphatic carboxylic acids is 1. The van der Waals surface area contributed by atoms with Gasteiger partial charge in [-0.3, -0.25) is 4.79 Å². The minimum Gasteiger partial charge on any atom is -0.508 e. The maximum absolute atomic E-state index is 11.8. The topological polar surface area (TPSA) is 115 Å². The molecule has 0 atom stereocenters. The van der Waals surface area contributed by atoms with Crippen molar-refractivity contribution < 1.29 is 30.0 Å². The summed E-state index contributed by atoms with van der Waals surface area (Å²) in [5, 5.41) is 39.2. The van der Waals surface area contributed by atoms with Crippen LogP contribution in [-0.2, 0) is 17.6 Å². The first-order valence-electron chi connectivity index (χ1n) is 10.9. The summed E-state index contributed by atoms with van der Waals surface area (Å²) in [5.41, 5.74) is 2.87. The summed E-state index contributed by atoms with van der Waals surface area (Å²) >= 11 is 0. The number of aromatic carboxylic acids is 1. The number of rotatable bonds is 14. The molecule has 0 aliphatic heterocycles. The maximum Gasteiger partial charge on any atom is 0.339 e. The lowest BCUT2D eigenvalue weighted by atomic mass is 9.94. The van der Waals surface area contributed by atoms with E-state index < -0.39 is 11.9 Å². The highest BCUT2D eigenvalue weighted by Gasteiger charge is 2.21. The molecule has 172 valence electrons. The summed E-state index contributed by atoms with van der Waals surface area (Å²) in [6, 6.07) is 1.45. The van der Waals surface area contributed by atoms with Crippen LogP contribution >= 0.6 is 0 Å². The van der Waals surface area contributed by atoms with Gasteiger partial charge in [0.1, 0.15) is 17.1 Å². The van der Waals surface area contributed by atoms with Crippen LogP contribution in [0.4, 0.5) is 0 Å². The van der Waals surface area contributed by atoms with Gasteiger partial charge in [-0.25, -0.2) is 4.79 Å². The van der Waals surface area contributed by atoms with E-state index in [1.807, 2.05) is 26.8 Å². The van der Waals surface area contributed by atoms with Crippen LogP contribution in [0.3, 0.4) is 0 Å². The monoisotopic (exact) mass is 432 g/mol. The first kappa shape index (κ1) is 26.3. The number of phenolic OH excluding ortho intramolecular Hbond substituents is 1. The molecule has 0 amide bonds. The largest absolute Gasteiger partial charge is 0.508 e. The smallest absolute Gasteiger partial charge is 0.339 e. The second-order valence-corrected chi connectivity index (χ2v) is 8.30. The Hall–Kier alpha value is -2.76. The minimum atomic E-state index is -1.21. The fourth-order valence-corrected chi connectivity index (χ4v) is 3.47. The van der Waals surface area contributed by atoms with Gasteiger partial charge in [0, 0.05) is 12.0 Å². The van der Waals surface area contributed by atoms with Gasteiger partial charge in [-0.2, -0.15) is 0 Å². The van der Waals surface area contributed by atoms with E-state index in [1.54, 1.807) is 0 Å². The molecule has 6 heteroatoms. The summed E-state index contributed by atoms with van der Waals surface area (Å²) in [6.07, 6.45) is 10.5. The van der Waals surface area contributed by atoms with E-state index in [2.05, 4.69) is 6.08 Å². The van der Waals surface area contributed by atoms with Crippen LogP contribution in [-0.4, -0.2) is 32.4 Å². The number of carbonyl (C=O) groups is 2. The normalized spacial score (nSPS) is 11.4. The quantitative estimate of drug-likeness (QED) is 0.212. The number of allylic oxidation sites excluding steroid dienone is 4. The van der Waals surface area contributed by atoms with Crippen LogP contribution in [0.25, 0.3) is 0 Å². The van der Waals surface area contributed by atoms with E-state index in [9.17, 15) is 24.9 Å². The van der Waals surface area contributed by atoms with Crippen molar-refractivity contribution in [1.29, 1.82) is 0 Å². The van der Waals surface area contributed by atoms with E-state index in [0.717, 1.165) is 37.7 Å². The lowest BCUT2D eigenvalue weighted by molar-refractivity contribution is -0.137. The molecule has 0 unspecified atom stereocenters. The minimum absolute atomic E-state index is 0.0905. The summed E-state index contributed by atoms with van der Waals surface area (Å²) in [7, 11) is 0. The van der Waals surface area contributed by atoms with Crippen molar-refractivity contribution in [1.82, 2.24) is 0 Å². The van der Waals surface area contributed by atoms with Crippen LogP contribution in [0.2, 0.25) is 0 Å².